The van der Waals surface area contributed by atoms with E-state index in [9.17, 15) is 4.79 Å². The largest absolute Gasteiger partial charge is 0.478 e. The van der Waals surface area contributed by atoms with E-state index in [0.717, 1.165) is 19.3 Å². The van der Waals surface area contributed by atoms with E-state index in [1.165, 1.54) is 0 Å². The normalized spacial score (nSPS) is 20.5. The Hall–Kier alpha value is -0.990. The Bertz CT molecular complexity index is 200. The van der Waals surface area contributed by atoms with Gasteiger partial charge in [0.15, 0.2) is 0 Å². The van der Waals surface area contributed by atoms with Crippen LogP contribution in [0.25, 0.3) is 0 Å². The first kappa shape index (κ1) is 8.11. The van der Waals surface area contributed by atoms with Gasteiger partial charge in [-0.15, -0.1) is 0 Å². The molecule has 11 heavy (non-hydrogen) atoms. The Morgan fingerprint density at radius 1 is 1.55 bits per heavy atom. The van der Waals surface area contributed by atoms with Crippen LogP contribution in [0.1, 0.15) is 26.2 Å². The van der Waals surface area contributed by atoms with Gasteiger partial charge in [0, 0.05) is 5.70 Å². The lowest BCUT2D eigenvalue weighted by atomic mass is 9.79. The zero-order valence-corrected chi connectivity index (χ0v) is 6.63. The van der Waals surface area contributed by atoms with Crippen molar-refractivity contribution in [3.63, 3.8) is 0 Å². The van der Waals surface area contributed by atoms with Crippen molar-refractivity contribution in [2.24, 2.45) is 11.7 Å². The molecule has 1 saturated carbocycles. The summed E-state index contributed by atoms with van der Waals surface area (Å²) in [5.41, 5.74) is 6.33. The fraction of sp³-hybridized carbons (Fsp3) is 0.625. The molecule has 0 heterocycles. The predicted octanol–water partition coefficient (Wildman–Crippen LogP) is 1.10. The Labute approximate surface area is 65.9 Å². The second kappa shape index (κ2) is 2.95. The number of carbonyl (C=O) groups is 1. The molecule has 0 bridgehead atoms. The summed E-state index contributed by atoms with van der Waals surface area (Å²) in [6.45, 7) is 1.65. The highest BCUT2D eigenvalue weighted by molar-refractivity contribution is 5.88. The zero-order valence-electron chi connectivity index (χ0n) is 6.63. The number of rotatable bonds is 2. The summed E-state index contributed by atoms with van der Waals surface area (Å²) < 4.78 is 0. The van der Waals surface area contributed by atoms with Crippen LogP contribution in [-0.2, 0) is 4.79 Å². The van der Waals surface area contributed by atoms with E-state index in [2.05, 4.69) is 0 Å². The minimum atomic E-state index is -0.852. The van der Waals surface area contributed by atoms with Crippen LogP contribution in [0.2, 0.25) is 0 Å². The smallest absolute Gasteiger partial charge is 0.333 e. The van der Waals surface area contributed by atoms with Gasteiger partial charge in [-0.3, -0.25) is 0 Å². The van der Waals surface area contributed by atoms with E-state index in [-0.39, 0.29) is 5.92 Å². The summed E-state index contributed by atoms with van der Waals surface area (Å²) in [4.78, 5) is 10.6. The molecule has 0 unspecified atom stereocenters. The zero-order chi connectivity index (χ0) is 8.43. The van der Waals surface area contributed by atoms with Gasteiger partial charge >= 0.3 is 5.97 Å². The molecule has 0 aromatic carbocycles. The highest BCUT2D eigenvalue weighted by Gasteiger charge is 2.27. The van der Waals surface area contributed by atoms with Crippen LogP contribution in [0.15, 0.2) is 11.3 Å². The van der Waals surface area contributed by atoms with Crippen molar-refractivity contribution in [3.05, 3.63) is 11.3 Å². The van der Waals surface area contributed by atoms with Gasteiger partial charge in [-0.2, -0.15) is 0 Å². The van der Waals surface area contributed by atoms with Gasteiger partial charge in [-0.25, -0.2) is 4.79 Å². The third-order valence-electron chi connectivity index (χ3n) is 2.17. The van der Waals surface area contributed by atoms with Crippen LogP contribution in [0, 0.1) is 5.92 Å². The van der Waals surface area contributed by atoms with Gasteiger partial charge in [0.1, 0.15) is 0 Å². The average Bonchev–Trinajstić information content (AvgIpc) is 1.75. The molecule has 0 amide bonds. The number of aliphatic carboxylic acids is 1. The average molecular weight is 155 g/mol. The van der Waals surface area contributed by atoms with Gasteiger partial charge in [-0.1, -0.05) is 6.42 Å². The van der Waals surface area contributed by atoms with E-state index in [1.807, 2.05) is 0 Å². The van der Waals surface area contributed by atoms with Crippen molar-refractivity contribution in [2.75, 3.05) is 0 Å². The van der Waals surface area contributed by atoms with Gasteiger partial charge in [0.2, 0.25) is 0 Å². The Morgan fingerprint density at radius 2 is 2.09 bits per heavy atom. The van der Waals surface area contributed by atoms with Crippen molar-refractivity contribution in [1.29, 1.82) is 0 Å². The first-order valence-corrected chi connectivity index (χ1v) is 3.82. The lowest BCUT2D eigenvalue weighted by Gasteiger charge is -2.26. The van der Waals surface area contributed by atoms with E-state index in [4.69, 9.17) is 10.8 Å². The van der Waals surface area contributed by atoms with Crippen molar-refractivity contribution >= 4 is 5.97 Å². The third kappa shape index (κ3) is 1.53. The quantitative estimate of drug-likeness (QED) is 0.587. The summed E-state index contributed by atoms with van der Waals surface area (Å²) in [6.07, 6.45) is 3.10. The van der Waals surface area contributed by atoms with Crippen LogP contribution in [-0.4, -0.2) is 11.1 Å². The SMILES string of the molecule is C/C(N)=C(/C(=O)O)C1CCC1. The summed E-state index contributed by atoms with van der Waals surface area (Å²) in [6, 6.07) is 0. The molecule has 0 aromatic heterocycles. The predicted molar refractivity (Wildman–Crippen MR) is 41.9 cm³/mol. The van der Waals surface area contributed by atoms with Gasteiger partial charge in [0.25, 0.3) is 0 Å². The lowest BCUT2D eigenvalue weighted by Crippen LogP contribution is -2.22. The standard InChI is InChI=1S/C8H13NO2/c1-5(9)7(8(10)11)6-3-2-4-6/h6H,2-4,9H2,1H3,(H,10,11)/b7-5-. The Morgan fingerprint density at radius 3 is 2.18 bits per heavy atom. The molecule has 3 heteroatoms. The van der Waals surface area contributed by atoms with Gasteiger partial charge < -0.3 is 10.8 Å². The molecule has 1 aliphatic rings. The fourth-order valence-corrected chi connectivity index (χ4v) is 1.36. The minimum absolute atomic E-state index is 0.220. The van der Waals surface area contributed by atoms with Crippen molar-refractivity contribution in [2.45, 2.75) is 26.2 Å². The maximum atomic E-state index is 10.6. The third-order valence-corrected chi connectivity index (χ3v) is 2.17. The molecule has 0 spiro atoms. The van der Waals surface area contributed by atoms with Crippen LogP contribution in [0.5, 0.6) is 0 Å². The molecule has 0 atom stereocenters. The second-order valence-corrected chi connectivity index (χ2v) is 3.03. The molecule has 3 nitrogen and oxygen atoms in total. The van der Waals surface area contributed by atoms with Crippen molar-refractivity contribution < 1.29 is 9.90 Å². The first-order valence-electron chi connectivity index (χ1n) is 3.82. The summed E-state index contributed by atoms with van der Waals surface area (Å²) >= 11 is 0. The number of carboxylic acid groups (broad SMARTS) is 1. The molecule has 62 valence electrons. The van der Waals surface area contributed by atoms with E-state index in [0.29, 0.717) is 11.3 Å². The monoisotopic (exact) mass is 155 g/mol. The highest BCUT2D eigenvalue weighted by atomic mass is 16.4. The van der Waals surface area contributed by atoms with Crippen molar-refractivity contribution in [3.8, 4) is 0 Å². The first-order chi connectivity index (χ1) is 5.13. The van der Waals surface area contributed by atoms with Gasteiger partial charge in [0.05, 0.1) is 5.57 Å². The molecule has 0 saturated heterocycles. The molecule has 1 fully saturated rings. The molecule has 0 radical (unpaired) electrons. The van der Waals surface area contributed by atoms with Crippen LogP contribution in [0.3, 0.4) is 0 Å². The number of allylic oxidation sites excluding steroid dienone is 1. The number of hydrogen-bond acceptors (Lipinski definition) is 2. The van der Waals surface area contributed by atoms with Crippen molar-refractivity contribution in [1.82, 2.24) is 0 Å². The topological polar surface area (TPSA) is 63.3 Å². The van der Waals surface area contributed by atoms with Crippen LogP contribution >= 0.6 is 0 Å². The summed E-state index contributed by atoms with van der Waals surface area (Å²) in [5, 5.41) is 8.74. The highest BCUT2D eigenvalue weighted by Crippen LogP contribution is 2.33. The molecular weight excluding hydrogens is 142 g/mol. The molecule has 0 aliphatic heterocycles. The molecular formula is C8H13NO2. The summed E-state index contributed by atoms with van der Waals surface area (Å²) in [5.74, 6) is -0.632. The molecule has 0 aromatic rings. The maximum Gasteiger partial charge on any atom is 0.333 e. The molecule has 1 rings (SSSR count). The van der Waals surface area contributed by atoms with Crippen LogP contribution in [0.4, 0.5) is 0 Å². The molecule has 3 N–H and O–H groups in total. The van der Waals surface area contributed by atoms with E-state index < -0.39 is 5.97 Å². The maximum absolute atomic E-state index is 10.6. The van der Waals surface area contributed by atoms with Gasteiger partial charge in [-0.05, 0) is 25.7 Å². The minimum Gasteiger partial charge on any atom is -0.478 e. The molecule has 1 aliphatic carbocycles. The van der Waals surface area contributed by atoms with Crippen LogP contribution < -0.4 is 5.73 Å². The number of nitrogens with two attached hydrogens (primary N) is 1. The Kier molecular flexibility index (Phi) is 2.17. The van der Waals surface area contributed by atoms with E-state index in [1.54, 1.807) is 6.92 Å². The lowest BCUT2D eigenvalue weighted by molar-refractivity contribution is -0.133. The fourth-order valence-electron chi connectivity index (χ4n) is 1.36. The van der Waals surface area contributed by atoms with E-state index >= 15 is 0 Å². The number of hydrogen-bond donors (Lipinski definition) is 2. The Balaban J connectivity index is 2.75. The summed E-state index contributed by atoms with van der Waals surface area (Å²) in [7, 11) is 0. The second-order valence-electron chi connectivity index (χ2n) is 3.03. The number of carboxylic acids is 1.